The van der Waals surface area contributed by atoms with E-state index in [0.717, 1.165) is 94.4 Å². The second kappa shape index (κ2) is 13.0. The fourth-order valence-electron chi connectivity index (χ4n) is 8.33. The third-order valence-electron chi connectivity index (χ3n) is 10.8. The predicted octanol–water partition coefficient (Wildman–Crippen LogP) is 12.1. The lowest BCUT2D eigenvalue weighted by Crippen LogP contribution is -1.99. The van der Waals surface area contributed by atoms with Crippen molar-refractivity contribution < 1.29 is 0 Å². The molecule has 11 rings (SSSR count). The zero-order valence-corrected chi connectivity index (χ0v) is 30.2. The molecule has 0 radical (unpaired) electrons. The molecule has 0 bridgehead atoms. The first-order chi connectivity index (χ1) is 27.8. The zero-order valence-electron chi connectivity index (χ0n) is 30.2. The Labute approximate surface area is 322 Å². The minimum atomic E-state index is 0.912. The van der Waals surface area contributed by atoms with E-state index < -0.39 is 0 Å². The summed E-state index contributed by atoms with van der Waals surface area (Å²) in [5.74, 6) is 0. The standard InChI is InChI=1S/C50H32N6/c1-2-14-40(38(12-1)33-20-24-51-25-21-33)35-28-45-43-17-6-8-19-48(43)56(50(45)54-31-35)37-11-9-10-36(29-37)55-47-18-7-5-16-42(47)44-30-46(53-32-49(44)55)41-15-4-3-13-39(41)34-22-26-52-27-23-34/h1-32H. The van der Waals surface area contributed by atoms with Crippen molar-refractivity contribution >= 4 is 43.7 Å². The first-order valence-corrected chi connectivity index (χ1v) is 18.7. The van der Waals surface area contributed by atoms with Gasteiger partial charge in [-0.15, -0.1) is 0 Å². The van der Waals surface area contributed by atoms with Crippen LogP contribution in [0.15, 0.2) is 195 Å². The van der Waals surface area contributed by atoms with Gasteiger partial charge >= 0.3 is 0 Å². The van der Waals surface area contributed by atoms with Gasteiger partial charge in [-0.3, -0.25) is 19.5 Å². The summed E-state index contributed by atoms with van der Waals surface area (Å²) in [6.45, 7) is 0. The van der Waals surface area contributed by atoms with Crippen molar-refractivity contribution in [1.29, 1.82) is 0 Å². The molecule has 0 aliphatic carbocycles. The smallest absolute Gasteiger partial charge is 0.145 e. The average Bonchev–Trinajstić information content (AvgIpc) is 3.79. The first-order valence-electron chi connectivity index (χ1n) is 18.7. The van der Waals surface area contributed by atoms with Crippen molar-refractivity contribution in [2.45, 2.75) is 0 Å². The van der Waals surface area contributed by atoms with Crippen molar-refractivity contribution in [3.63, 3.8) is 0 Å². The maximum absolute atomic E-state index is 5.20. The summed E-state index contributed by atoms with van der Waals surface area (Å²) < 4.78 is 4.61. The normalized spacial score (nSPS) is 11.6. The molecule has 11 aromatic rings. The maximum atomic E-state index is 5.20. The highest BCUT2D eigenvalue weighted by molar-refractivity contribution is 6.11. The molecule has 5 aromatic carbocycles. The zero-order chi connectivity index (χ0) is 37.0. The van der Waals surface area contributed by atoms with Gasteiger partial charge in [0.15, 0.2) is 0 Å². The number of hydrogen-bond donors (Lipinski definition) is 0. The van der Waals surface area contributed by atoms with Crippen LogP contribution in [0.1, 0.15) is 0 Å². The molecule has 6 heterocycles. The SMILES string of the molecule is c1cc(-n2c3ccccc3c3cc(-c4ccccc4-c4ccncc4)ncc32)cc(-n2c3ccccc3c3cc(-c4ccccc4-c4ccncc4)cnc32)c1. The predicted molar refractivity (Wildman–Crippen MR) is 228 cm³/mol. The maximum Gasteiger partial charge on any atom is 0.145 e. The van der Waals surface area contributed by atoms with Gasteiger partial charge in [-0.05, 0) is 94.5 Å². The molecule has 0 spiro atoms. The quantitative estimate of drug-likeness (QED) is 0.172. The molecule has 56 heavy (non-hydrogen) atoms. The van der Waals surface area contributed by atoms with Crippen LogP contribution in [0.3, 0.4) is 0 Å². The molecule has 6 heteroatoms. The number of pyridine rings is 4. The van der Waals surface area contributed by atoms with Crippen molar-refractivity contribution in [3.05, 3.63) is 195 Å². The van der Waals surface area contributed by atoms with Crippen LogP contribution >= 0.6 is 0 Å². The van der Waals surface area contributed by atoms with Gasteiger partial charge in [0.2, 0.25) is 0 Å². The van der Waals surface area contributed by atoms with Gasteiger partial charge in [0.1, 0.15) is 5.65 Å². The van der Waals surface area contributed by atoms with E-state index in [0.29, 0.717) is 0 Å². The minimum absolute atomic E-state index is 0.912. The number of nitrogens with zero attached hydrogens (tertiary/aromatic N) is 6. The van der Waals surface area contributed by atoms with Crippen molar-refractivity contribution in [1.82, 2.24) is 29.1 Å². The summed E-state index contributed by atoms with van der Waals surface area (Å²) in [6.07, 6.45) is 11.4. The minimum Gasteiger partial charge on any atom is -0.308 e. The first kappa shape index (κ1) is 31.8. The summed E-state index contributed by atoms with van der Waals surface area (Å²) in [7, 11) is 0. The molecular formula is C50H32N6. The van der Waals surface area contributed by atoms with Crippen LogP contribution in [0.5, 0.6) is 0 Å². The Morgan fingerprint density at radius 3 is 1.55 bits per heavy atom. The Balaban J connectivity index is 1.06. The lowest BCUT2D eigenvalue weighted by Gasteiger charge is -2.13. The van der Waals surface area contributed by atoms with Gasteiger partial charge in [-0.2, -0.15) is 0 Å². The molecule has 0 N–H and O–H groups in total. The van der Waals surface area contributed by atoms with E-state index in [9.17, 15) is 0 Å². The van der Waals surface area contributed by atoms with Gasteiger partial charge < -0.3 is 4.57 Å². The molecule has 0 saturated carbocycles. The number of benzene rings is 5. The third kappa shape index (κ3) is 5.11. The summed E-state index contributed by atoms with van der Waals surface area (Å²) in [5, 5.41) is 4.59. The monoisotopic (exact) mass is 716 g/mol. The van der Waals surface area contributed by atoms with E-state index in [1.54, 1.807) is 0 Å². The van der Waals surface area contributed by atoms with Crippen LogP contribution in [0.2, 0.25) is 0 Å². The number of fused-ring (bicyclic) bond motifs is 6. The number of rotatable bonds is 6. The molecule has 6 aromatic heterocycles. The topological polar surface area (TPSA) is 61.4 Å². The van der Waals surface area contributed by atoms with E-state index in [2.05, 4.69) is 165 Å². The Bertz CT molecular complexity index is 3040. The van der Waals surface area contributed by atoms with Crippen LogP contribution in [-0.4, -0.2) is 29.1 Å². The second-order valence-corrected chi connectivity index (χ2v) is 14.0. The molecule has 6 nitrogen and oxygen atoms in total. The Kier molecular flexibility index (Phi) is 7.38. The molecular weight excluding hydrogens is 685 g/mol. The molecule has 0 aliphatic rings. The molecule has 262 valence electrons. The van der Waals surface area contributed by atoms with Gasteiger partial charge in [-0.1, -0.05) is 91.0 Å². The van der Waals surface area contributed by atoms with Gasteiger partial charge in [0.25, 0.3) is 0 Å². The van der Waals surface area contributed by atoms with E-state index in [-0.39, 0.29) is 0 Å². The van der Waals surface area contributed by atoms with Crippen LogP contribution in [0, 0.1) is 0 Å². The second-order valence-electron chi connectivity index (χ2n) is 14.0. The number of para-hydroxylation sites is 2. The lowest BCUT2D eigenvalue weighted by atomic mass is 9.95. The lowest BCUT2D eigenvalue weighted by molar-refractivity contribution is 1.11. The van der Waals surface area contributed by atoms with Gasteiger partial charge in [0, 0.05) is 75.0 Å². The van der Waals surface area contributed by atoms with Gasteiger partial charge in [-0.25, -0.2) is 4.98 Å². The van der Waals surface area contributed by atoms with Crippen molar-refractivity contribution in [2.75, 3.05) is 0 Å². The van der Waals surface area contributed by atoms with Crippen LogP contribution in [0.4, 0.5) is 0 Å². The number of aromatic nitrogens is 6. The van der Waals surface area contributed by atoms with Crippen molar-refractivity contribution in [3.8, 4) is 56.0 Å². The highest BCUT2D eigenvalue weighted by atomic mass is 15.1. The molecule has 0 unspecified atom stereocenters. The van der Waals surface area contributed by atoms with Crippen LogP contribution < -0.4 is 0 Å². The van der Waals surface area contributed by atoms with E-state index in [1.807, 2.05) is 49.3 Å². The average molecular weight is 717 g/mol. The molecule has 0 aliphatic heterocycles. The summed E-state index contributed by atoms with van der Waals surface area (Å²) in [5.41, 5.74) is 15.0. The van der Waals surface area contributed by atoms with E-state index in [1.165, 1.54) is 5.39 Å². The molecule has 0 atom stereocenters. The summed E-state index contributed by atoms with van der Waals surface area (Å²) in [6, 6.07) is 55.6. The van der Waals surface area contributed by atoms with E-state index >= 15 is 0 Å². The van der Waals surface area contributed by atoms with Crippen molar-refractivity contribution in [2.24, 2.45) is 0 Å². The molecule has 0 fully saturated rings. The van der Waals surface area contributed by atoms with Crippen LogP contribution in [-0.2, 0) is 0 Å². The Morgan fingerprint density at radius 2 is 0.875 bits per heavy atom. The third-order valence-corrected chi connectivity index (χ3v) is 10.8. The number of hydrogen-bond acceptors (Lipinski definition) is 4. The fourth-order valence-corrected chi connectivity index (χ4v) is 8.33. The van der Waals surface area contributed by atoms with Gasteiger partial charge in [0.05, 0.1) is 28.4 Å². The highest BCUT2D eigenvalue weighted by Gasteiger charge is 2.19. The summed E-state index contributed by atoms with van der Waals surface area (Å²) in [4.78, 5) is 18.8. The highest BCUT2D eigenvalue weighted by Crippen LogP contribution is 2.39. The Hall–Kier alpha value is -7.70. The molecule has 0 amide bonds. The van der Waals surface area contributed by atoms with E-state index in [4.69, 9.17) is 9.97 Å². The summed E-state index contributed by atoms with van der Waals surface area (Å²) >= 11 is 0. The Morgan fingerprint density at radius 1 is 0.339 bits per heavy atom. The largest absolute Gasteiger partial charge is 0.308 e. The van der Waals surface area contributed by atoms with Crippen LogP contribution in [0.25, 0.3) is 99.8 Å². The molecule has 0 saturated heterocycles. The fraction of sp³-hybridized carbons (Fsp3) is 0.